The van der Waals surface area contributed by atoms with Gasteiger partial charge in [-0.15, -0.1) is 17.0 Å². The Morgan fingerprint density at radius 1 is 1.19 bits per heavy atom. The topological polar surface area (TPSA) is 60.0 Å². The zero-order valence-electron chi connectivity index (χ0n) is 12.5. The zero-order chi connectivity index (χ0) is 14.5. The maximum Gasteiger partial charge on any atom is 0.326 e. The molecule has 0 unspecified atom stereocenters. The molecular weight excluding hydrogens is 334 g/mol. The van der Waals surface area contributed by atoms with Gasteiger partial charge in [0.15, 0.2) is 0 Å². The number of benzene rings is 1. The molecule has 2 rings (SSSR count). The number of para-hydroxylation sites is 2. The molecule has 0 radical (unpaired) electrons. The van der Waals surface area contributed by atoms with Crippen LogP contribution in [0.2, 0.25) is 0 Å². The van der Waals surface area contributed by atoms with E-state index >= 15 is 0 Å². The molecule has 21 heavy (non-hydrogen) atoms. The Hall–Kier alpha value is -1.56. The van der Waals surface area contributed by atoms with E-state index in [-0.39, 0.29) is 29.5 Å². The maximum absolute atomic E-state index is 11.8. The lowest BCUT2D eigenvalue weighted by molar-refractivity contribution is -0.144. The molecule has 0 bridgehead atoms. The van der Waals surface area contributed by atoms with E-state index in [1.807, 2.05) is 35.8 Å². The second-order valence-corrected chi connectivity index (χ2v) is 4.72. The number of halogens is 1. The molecule has 1 aromatic heterocycles. The van der Waals surface area contributed by atoms with Gasteiger partial charge in [-0.1, -0.05) is 25.5 Å². The normalized spacial score (nSPS) is 10.4. The number of nitrogens with one attached hydrogen (secondary N) is 1. The fraction of sp³-hybridized carbons (Fsp3) is 0.467. The number of carbonyl (C=O) groups is 1. The maximum atomic E-state index is 11.8. The average molecular weight is 356 g/mol. The summed E-state index contributed by atoms with van der Waals surface area (Å²) in [5, 5.41) is 8.20. The summed E-state index contributed by atoms with van der Waals surface area (Å²) in [6.07, 6.45) is 1.88. The molecule has 0 aliphatic heterocycles. The Labute approximate surface area is 134 Å². The van der Waals surface area contributed by atoms with E-state index in [1.165, 1.54) is 0 Å². The number of aromatic nitrogens is 2. The lowest BCUT2D eigenvalue weighted by atomic mass is 10.3. The molecule has 6 heteroatoms. The Bertz CT molecular complexity index is 660. The molecule has 1 heterocycles. The number of hydrogen-bond acceptors (Lipinski definition) is 3. The molecule has 0 amide bonds. The van der Waals surface area contributed by atoms with Crippen molar-refractivity contribution in [3.63, 3.8) is 0 Å². The van der Waals surface area contributed by atoms with Crippen LogP contribution in [0, 0.1) is 5.41 Å². The Morgan fingerprint density at radius 3 is 2.38 bits per heavy atom. The summed E-state index contributed by atoms with van der Waals surface area (Å²) in [5.74, 6) is -0.282. The van der Waals surface area contributed by atoms with Crippen molar-refractivity contribution in [1.29, 1.82) is 5.41 Å². The van der Waals surface area contributed by atoms with Crippen molar-refractivity contribution in [3.05, 3.63) is 29.9 Å². The van der Waals surface area contributed by atoms with Gasteiger partial charge < -0.3 is 9.30 Å². The molecule has 0 atom stereocenters. The van der Waals surface area contributed by atoms with Crippen molar-refractivity contribution in [2.75, 3.05) is 6.61 Å². The van der Waals surface area contributed by atoms with Crippen molar-refractivity contribution in [1.82, 2.24) is 9.13 Å². The van der Waals surface area contributed by atoms with Crippen LogP contribution >= 0.6 is 17.0 Å². The highest BCUT2D eigenvalue weighted by atomic mass is 79.9. The number of hydrogen-bond donors (Lipinski definition) is 1. The monoisotopic (exact) mass is 355 g/mol. The largest absolute Gasteiger partial charge is 0.464 e. The van der Waals surface area contributed by atoms with Gasteiger partial charge in [0.05, 0.1) is 17.6 Å². The first kappa shape index (κ1) is 17.5. The van der Waals surface area contributed by atoms with Crippen molar-refractivity contribution >= 4 is 34.0 Å². The smallest absolute Gasteiger partial charge is 0.326 e. The summed E-state index contributed by atoms with van der Waals surface area (Å²) in [7, 11) is 0. The molecule has 0 fully saturated rings. The van der Waals surface area contributed by atoms with E-state index < -0.39 is 0 Å². The van der Waals surface area contributed by atoms with Crippen LogP contribution in [-0.4, -0.2) is 21.7 Å². The van der Waals surface area contributed by atoms with Crippen molar-refractivity contribution in [2.24, 2.45) is 0 Å². The van der Waals surface area contributed by atoms with Crippen LogP contribution in [0.15, 0.2) is 24.3 Å². The van der Waals surface area contributed by atoms with Crippen LogP contribution in [0.25, 0.3) is 11.0 Å². The minimum absolute atomic E-state index is 0. The van der Waals surface area contributed by atoms with Crippen LogP contribution in [0.1, 0.15) is 26.7 Å². The van der Waals surface area contributed by atoms with E-state index in [2.05, 4.69) is 6.92 Å². The SMILES string of the molecule is Br.CCCCOC(=O)Cn1c(=N)n(CC)c2ccccc21. The highest BCUT2D eigenvalue weighted by molar-refractivity contribution is 8.93. The van der Waals surface area contributed by atoms with Crippen LogP contribution < -0.4 is 5.62 Å². The van der Waals surface area contributed by atoms with Crippen molar-refractivity contribution in [3.8, 4) is 0 Å². The standard InChI is InChI=1S/C15H21N3O2.BrH/c1-3-5-10-20-14(19)11-18-13-9-7-6-8-12(13)17(4-2)15(18)16;/h6-9,16H,3-5,10-11H2,1-2H3;1H. The predicted molar refractivity (Wildman–Crippen MR) is 87.6 cm³/mol. The average Bonchev–Trinajstić information content (AvgIpc) is 2.72. The van der Waals surface area contributed by atoms with E-state index in [4.69, 9.17) is 10.1 Å². The van der Waals surface area contributed by atoms with Gasteiger partial charge in [0.25, 0.3) is 0 Å². The number of aryl methyl sites for hydroxylation is 1. The highest BCUT2D eigenvalue weighted by Gasteiger charge is 2.12. The summed E-state index contributed by atoms with van der Waals surface area (Å²) < 4.78 is 8.77. The molecule has 0 saturated carbocycles. The van der Waals surface area contributed by atoms with Gasteiger partial charge in [0, 0.05) is 6.54 Å². The molecule has 0 saturated heterocycles. The van der Waals surface area contributed by atoms with Gasteiger partial charge in [-0.05, 0) is 25.5 Å². The minimum Gasteiger partial charge on any atom is -0.464 e. The lowest BCUT2D eigenvalue weighted by Gasteiger charge is -2.05. The first-order valence-electron chi connectivity index (χ1n) is 7.07. The molecule has 0 spiro atoms. The van der Waals surface area contributed by atoms with E-state index in [0.717, 1.165) is 23.9 Å². The Kier molecular flexibility index (Phi) is 6.68. The molecule has 5 nitrogen and oxygen atoms in total. The van der Waals surface area contributed by atoms with Gasteiger partial charge >= 0.3 is 5.97 Å². The Morgan fingerprint density at radius 2 is 1.81 bits per heavy atom. The summed E-state index contributed by atoms with van der Waals surface area (Å²) in [6.45, 7) is 5.30. The first-order valence-corrected chi connectivity index (χ1v) is 7.07. The molecular formula is C15H22BrN3O2. The summed E-state index contributed by atoms with van der Waals surface area (Å²) >= 11 is 0. The third-order valence-electron chi connectivity index (χ3n) is 3.34. The number of imidazole rings is 1. The third-order valence-corrected chi connectivity index (χ3v) is 3.34. The number of fused-ring (bicyclic) bond motifs is 1. The highest BCUT2D eigenvalue weighted by Crippen LogP contribution is 2.12. The second-order valence-electron chi connectivity index (χ2n) is 4.72. The number of carbonyl (C=O) groups excluding carboxylic acids is 1. The first-order chi connectivity index (χ1) is 9.69. The van der Waals surface area contributed by atoms with Crippen LogP contribution in [0.5, 0.6) is 0 Å². The second kappa shape index (κ2) is 8.02. The molecule has 0 aliphatic carbocycles. The van der Waals surface area contributed by atoms with E-state index in [1.54, 1.807) is 4.57 Å². The number of nitrogens with zero attached hydrogens (tertiary/aromatic N) is 2. The van der Waals surface area contributed by atoms with E-state index in [9.17, 15) is 4.79 Å². The molecule has 1 aromatic carbocycles. The lowest BCUT2D eigenvalue weighted by Crippen LogP contribution is -2.27. The van der Waals surface area contributed by atoms with Crippen molar-refractivity contribution < 1.29 is 9.53 Å². The molecule has 1 N–H and O–H groups in total. The van der Waals surface area contributed by atoms with Gasteiger partial charge in [-0.25, -0.2) is 0 Å². The summed E-state index contributed by atoms with van der Waals surface area (Å²) in [6, 6.07) is 7.76. The Balaban J connectivity index is 0.00000220. The number of esters is 1. The predicted octanol–water partition coefficient (Wildman–Crippen LogP) is 2.86. The van der Waals surface area contributed by atoms with Crippen molar-refractivity contribution in [2.45, 2.75) is 39.8 Å². The minimum atomic E-state index is -0.282. The number of rotatable bonds is 6. The molecule has 2 aromatic rings. The zero-order valence-corrected chi connectivity index (χ0v) is 14.2. The fourth-order valence-electron chi connectivity index (χ4n) is 2.28. The van der Waals surface area contributed by atoms with Gasteiger partial charge in [0.1, 0.15) is 6.54 Å². The third kappa shape index (κ3) is 3.75. The summed E-state index contributed by atoms with van der Waals surface area (Å²) in [4.78, 5) is 11.8. The fourth-order valence-corrected chi connectivity index (χ4v) is 2.28. The molecule has 0 aliphatic rings. The van der Waals surface area contributed by atoms with Crippen LogP contribution in [-0.2, 0) is 22.6 Å². The van der Waals surface area contributed by atoms with Crippen LogP contribution in [0.3, 0.4) is 0 Å². The van der Waals surface area contributed by atoms with Gasteiger partial charge in [-0.3, -0.25) is 14.8 Å². The number of unbranched alkanes of at least 4 members (excludes halogenated alkanes) is 1. The molecule has 116 valence electrons. The summed E-state index contributed by atoms with van der Waals surface area (Å²) in [5.41, 5.74) is 2.20. The number of ether oxygens (including phenoxy) is 1. The van der Waals surface area contributed by atoms with Crippen LogP contribution in [0.4, 0.5) is 0 Å². The van der Waals surface area contributed by atoms with Gasteiger partial charge in [-0.2, -0.15) is 0 Å². The van der Waals surface area contributed by atoms with Gasteiger partial charge in [0.2, 0.25) is 5.62 Å². The quantitative estimate of drug-likeness (QED) is 0.639. The van der Waals surface area contributed by atoms with E-state index in [0.29, 0.717) is 18.8 Å².